The van der Waals surface area contributed by atoms with E-state index in [0.29, 0.717) is 5.56 Å². The summed E-state index contributed by atoms with van der Waals surface area (Å²) in [5.41, 5.74) is -1.10. The highest BCUT2D eigenvalue weighted by atomic mass is 32.2. The highest BCUT2D eigenvalue weighted by Gasteiger charge is 2.41. The molecule has 0 radical (unpaired) electrons. The standard InChI is InChI=1S/C28H28F5N3O3S/c1-18(3-4-20-5-7-21(8-6-20)28(31,32)33)11-26-38-13-23(14-39-26)40-19(2)27(37,15-36-17-34-16-35-36)24-10-9-22(29)12-25(24)30/h3-12,16-17,19,23,26,37H,13-15H2,1-2H3/b4-3+,18-11+/t19-,23?,26?,27-/m1/s1. The van der Waals surface area contributed by atoms with Gasteiger partial charge in [-0.05, 0) is 36.8 Å². The molecule has 1 aromatic heterocycles. The van der Waals surface area contributed by atoms with Gasteiger partial charge < -0.3 is 14.6 Å². The fourth-order valence-electron chi connectivity index (χ4n) is 4.19. The van der Waals surface area contributed by atoms with Gasteiger partial charge >= 0.3 is 6.18 Å². The van der Waals surface area contributed by atoms with Crippen LogP contribution in [0.3, 0.4) is 0 Å². The van der Waals surface area contributed by atoms with Gasteiger partial charge in [0, 0.05) is 16.9 Å². The van der Waals surface area contributed by atoms with E-state index in [1.165, 1.54) is 47.3 Å². The zero-order valence-electron chi connectivity index (χ0n) is 21.7. The molecular weight excluding hydrogens is 553 g/mol. The number of rotatable bonds is 9. The molecule has 2 heterocycles. The van der Waals surface area contributed by atoms with Crippen molar-refractivity contribution in [3.63, 3.8) is 0 Å². The van der Waals surface area contributed by atoms with E-state index >= 15 is 0 Å². The van der Waals surface area contributed by atoms with Gasteiger partial charge in [0.2, 0.25) is 0 Å². The van der Waals surface area contributed by atoms with Crippen LogP contribution in [0.4, 0.5) is 22.0 Å². The third-order valence-electron chi connectivity index (χ3n) is 6.40. The minimum atomic E-state index is -4.38. The van der Waals surface area contributed by atoms with Crippen LogP contribution >= 0.6 is 11.8 Å². The molecule has 0 spiro atoms. The molecule has 1 aliphatic heterocycles. The van der Waals surface area contributed by atoms with Gasteiger partial charge in [0.1, 0.15) is 29.9 Å². The molecule has 2 aromatic carbocycles. The van der Waals surface area contributed by atoms with E-state index in [1.54, 1.807) is 25.2 Å². The first-order chi connectivity index (χ1) is 18.9. The summed E-state index contributed by atoms with van der Waals surface area (Å²) in [6.45, 7) is 4.03. The number of nitrogens with zero attached hydrogens (tertiary/aromatic N) is 3. The number of alkyl halides is 3. The number of hydrogen-bond donors (Lipinski definition) is 1. The number of aliphatic hydroxyl groups is 1. The molecular formula is C28H28F5N3O3S. The van der Waals surface area contributed by atoms with Crippen molar-refractivity contribution in [1.82, 2.24) is 14.8 Å². The Morgan fingerprint density at radius 1 is 1.15 bits per heavy atom. The molecule has 0 unspecified atom stereocenters. The van der Waals surface area contributed by atoms with E-state index in [4.69, 9.17) is 9.47 Å². The number of benzene rings is 2. The molecule has 0 aliphatic carbocycles. The average Bonchev–Trinajstić information content (AvgIpc) is 3.41. The van der Waals surface area contributed by atoms with Crippen LogP contribution in [0.1, 0.15) is 30.5 Å². The van der Waals surface area contributed by atoms with E-state index in [1.807, 2.05) is 6.92 Å². The quantitative estimate of drug-likeness (QED) is 0.248. The second kappa shape index (κ2) is 12.6. The number of hydrogen-bond acceptors (Lipinski definition) is 6. The summed E-state index contributed by atoms with van der Waals surface area (Å²) in [6.07, 6.45) is 2.89. The van der Waals surface area contributed by atoms with E-state index < -0.39 is 40.5 Å². The number of allylic oxidation sites excluding steroid dienone is 2. The topological polar surface area (TPSA) is 69.4 Å². The molecule has 2 atom stereocenters. The molecule has 40 heavy (non-hydrogen) atoms. The fraction of sp³-hybridized carbons (Fsp3) is 0.357. The van der Waals surface area contributed by atoms with Crippen LogP contribution in [0.15, 0.2) is 72.8 Å². The summed E-state index contributed by atoms with van der Waals surface area (Å²) < 4.78 is 79.5. The van der Waals surface area contributed by atoms with E-state index in [0.717, 1.165) is 29.8 Å². The van der Waals surface area contributed by atoms with Gasteiger partial charge in [-0.1, -0.05) is 42.8 Å². The normalized spacial score (nSPS) is 20.9. The largest absolute Gasteiger partial charge is 0.416 e. The van der Waals surface area contributed by atoms with E-state index in [-0.39, 0.29) is 30.6 Å². The molecule has 12 heteroatoms. The minimum Gasteiger partial charge on any atom is -0.382 e. The maximum atomic E-state index is 14.8. The second-order valence-electron chi connectivity index (χ2n) is 9.44. The Morgan fingerprint density at radius 3 is 2.45 bits per heavy atom. The average molecular weight is 582 g/mol. The lowest BCUT2D eigenvalue weighted by Gasteiger charge is -2.37. The summed E-state index contributed by atoms with van der Waals surface area (Å²) in [5, 5.41) is 14.9. The van der Waals surface area contributed by atoms with Crippen LogP contribution in [-0.4, -0.2) is 49.9 Å². The van der Waals surface area contributed by atoms with Gasteiger partial charge in [0.15, 0.2) is 6.29 Å². The number of ether oxygens (including phenoxy) is 2. The molecule has 0 bridgehead atoms. The second-order valence-corrected chi connectivity index (χ2v) is 11.1. The van der Waals surface area contributed by atoms with Gasteiger partial charge in [-0.15, -0.1) is 11.8 Å². The Kier molecular flexibility index (Phi) is 9.44. The van der Waals surface area contributed by atoms with Gasteiger partial charge in [-0.2, -0.15) is 18.3 Å². The van der Waals surface area contributed by atoms with Crippen LogP contribution in [0.2, 0.25) is 0 Å². The van der Waals surface area contributed by atoms with Crippen molar-refractivity contribution in [2.24, 2.45) is 0 Å². The van der Waals surface area contributed by atoms with Gasteiger partial charge in [0.25, 0.3) is 0 Å². The maximum Gasteiger partial charge on any atom is 0.416 e. The molecule has 1 fully saturated rings. The Morgan fingerprint density at radius 2 is 1.85 bits per heavy atom. The van der Waals surface area contributed by atoms with Crippen molar-refractivity contribution in [1.29, 1.82) is 0 Å². The summed E-state index contributed by atoms with van der Waals surface area (Å²) in [7, 11) is 0. The van der Waals surface area contributed by atoms with Crippen molar-refractivity contribution >= 4 is 17.8 Å². The molecule has 1 aliphatic rings. The fourth-order valence-corrected chi connectivity index (χ4v) is 5.51. The smallest absolute Gasteiger partial charge is 0.382 e. The highest BCUT2D eigenvalue weighted by molar-refractivity contribution is 8.00. The molecule has 6 nitrogen and oxygen atoms in total. The SMILES string of the molecule is CC(/C=C/c1ccc(C(F)(F)F)cc1)=C\C1OCC(S[C@H](C)[C@](O)(Cn2cncn2)c2ccc(F)cc2F)CO1. The lowest BCUT2D eigenvalue weighted by molar-refractivity contribution is -0.146. The van der Waals surface area contributed by atoms with Crippen molar-refractivity contribution < 1.29 is 36.5 Å². The summed E-state index contributed by atoms with van der Waals surface area (Å²) in [5.74, 6) is -1.61. The lowest BCUT2D eigenvalue weighted by atomic mass is 9.90. The molecule has 0 saturated carbocycles. The predicted octanol–water partition coefficient (Wildman–Crippen LogP) is 5.99. The molecule has 1 N–H and O–H groups in total. The molecule has 4 rings (SSSR count). The zero-order valence-corrected chi connectivity index (χ0v) is 22.5. The number of thioether (sulfide) groups is 1. The van der Waals surface area contributed by atoms with Crippen LogP contribution in [0, 0.1) is 11.6 Å². The first-order valence-corrected chi connectivity index (χ1v) is 13.3. The minimum absolute atomic E-state index is 0.0571. The molecule has 3 aromatic rings. The van der Waals surface area contributed by atoms with E-state index in [9.17, 15) is 27.1 Å². The molecule has 0 amide bonds. The van der Waals surface area contributed by atoms with Crippen LogP contribution < -0.4 is 0 Å². The third-order valence-corrected chi connectivity index (χ3v) is 7.86. The van der Waals surface area contributed by atoms with Crippen molar-refractivity contribution in [3.8, 4) is 0 Å². The Hall–Kier alpha value is -3.06. The van der Waals surface area contributed by atoms with Crippen LogP contribution in [0.25, 0.3) is 6.08 Å². The first-order valence-electron chi connectivity index (χ1n) is 12.4. The highest BCUT2D eigenvalue weighted by Crippen LogP contribution is 2.38. The Labute approximate surface area is 232 Å². The summed E-state index contributed by atoms with van der Waals surface area (Å²) in [6, 6.07) is 7.91. The zero-order chi connectivity index (χ0) is 28.9. The predicted molar refractivity (Wildman–Crippen MR) is 141 cm³/mol. The maximum absolute atomic E-state index is 14.8. The monoisotopic (exact) mass is 581 g/mol. The Balaban J connectivity index is 1.36. The summed E-state index contributed by atoms with van der Waals surface area (Å²) >= 11 is 1.35. The van der Waals surface area contributed by atoms with Crippen LogP contribution in [-0.2, 0) is 27.8 Å². The van der Waals surface area contributed by atoms with Gasteiger partial charge in [-0.25, -0.2) is 18.4 Å². The van der Waals surface area contributed by atoms with E-state index in [2.05, 4.69) is 10.1 Å². The third kappa shape index (κ3) is 7.57. The lowest BCUT2D eigenvalue weighted by Crippen LogP contribution is -2.43. The number of aromatic nitrogens is 3. The van der Waals surface area contributed by atoms with Crippen molar-refractivity contribution in [3.05, 3.63) is 101 Å². The Bertz CT molecular complexity index is 1320. The number of halogens is 5. The summed E-state index contributed by atoms with van der Waals surface area (Å²) in [4.78, 5) is 3.87. The van der Waals surface area contributed by atoms with Gasteiger partial charge in [0.05, 0.1) is 30.6 Å². The molecule has 1 saturated heterocycles. The van der Waals surface area contributed by atoms with Crippen molar-refractivity contribution in [2.75, 3.05) is 13.2 Å². The van der Waals surface area contributed by atoms with Crippen LogP contribution in [0.5, 0.6) is 0 Å². The molecule has 214 valence electrons. The van der Waals surface area contributed by atoms with Gasteiger partial charge in [-0.3, -0.25) is 0 Å². The van der Waals surface area contributed by atoms with Crippen molar-refractivity contribution in [2.45, 2.75) is 49.0 Å². The first kappa shape index (κ1) is 29.9.